The molecular weight excluding hydrogens is 462 g/mol. The number of nitrogens with zero attached hydrogens (tertiary/aromatic N) is 6. The Morgan fingerprint density at radius 1 is 0.944 bits per heavy atom. The Hall–Kier alpha value is -4.80. The number of H-pyrrole nitrogens is 1. The molecule has 0 fully saturated rings. The van der Waals surface area contributed by atoms with Crippen molar-refractivity contribution in [1.29, 1.82) is 0 Å². The number of fused-ring (bicyclic) bond motifs is 2. The fraction of sp³-hybridized carbons (Fsp3) is 0.200. The van der Waals surface area contributed by atoms with Crippen LogP contribution >= 0.6 is 0 Å². The largest absolute Gasteiger partial charge is 0.332 e. The molecule has 0 aliphatic carbocycles. The van der Waals surface area contributed by atoms with Crippen molar-refractivity contribution in [2.24, 2.45) is 14.1 Å². The van der Waals surface area contributed by atoms with E-state index in [1.54, 1.807) is 29.2 Å². The van der Waals surface area contributed by atoms with E-state index in [1.807, 2.05) is 30.3 Å². The van der Waals surface area contributed by atoms with E-state index in [-0.39, 0.29) is 42.3 Å². The Balaban J connectivity index is 1.52. The van der Waals surface area contributed by atoms with Gasteiger partial charge < -0.3 is 14.5 Å². The van der Waals surface area contributed by atoms with Gasteiger partial charge in [0.15, 0.2) is 11.2 Å². The van der Waals surface area contributed by atoms with Crippen LogP contribution in [0.1, 0.15) is 11.4 Å². The number of aromatic amines is 1. The van der Waals surface area contributed by atoms with E-state index < -0.39 is 11.2 Å². The number of carbonyl (C=O) groups is 1. The van der Waals surface area contributed by atoms with Crippen molar-refractivity contribution < 1.29 is 4.79 Å². The summed E-state index contributed by atoms with van der Waals surface area (Å²) in [6.45, 7) is 0.130. The van der Waals surface area contributed by atoms with Gasteiger partial charge in [0.05, 0.1) is 23.8 Å². The number of imidazole rings is 1. The van der Waals surface area contributed by atoms with Gasteiger partial charge in [0.1, 0.15) is 12.4 Å². The van der Waals surface area contributed by atoms with Crippen molar-refractivity contribution in [2.45, 2.75) is 19.6 Å². The highest BCUT2D eigenvalue weighted by Crippen LogP contribution is 2.13. The average molecular weight is 486 g/mol. The van der Waals surface area contributed by atoms with Crippen LogP contribution in [0, 0.1) is 0 Å². The molecule has 36 heavy (non-hydrogen) atoms. The molecule has 0 atom stereocenters. The molecule has 3 aromatic heterocycles. The van der Waals surface area contributed by atoms with Gasteiger partial charge in [-0.05, 0) is 17.7 Å². The molecule has 0 radical (unpaired) electrons. The summed E-state index contributed by atoms with van der Waals surface area (Å²) in [7, 11) is 2.90. The quantitative estimate of drug-likeness (QED) is 0.381. The number of nitrogens with one attached hydrogen (secondary N) is 1. The second kappa shape index (κ2) is 9.10. The third kappa shape index (κ3) is 4.11. The van der Waals surface area contributed by atoms with Crippen molar-refractivity contribution >= 4 is 28.0 Å². The van der Waals surface area contributed by atoms with Gasteiger partial charge in [-0.25, -0.2) is 14.8 Å². The maximum Gasteiger partial charge on any atom is 0.332 e. The van der Waals surface area contributed by atoms with Crippen LogP contribution in [0.3, 0.4) is 0 Å². The second-order valence-electron chi connectivity index (χ2n) is 8.52. The van der Waals surface area contributed by atoms with E-state index in [9.17, 15) is 19.2 Å². The van der Waals surface area contributed by atoms with E-state index in [4.69, 9.17) is 0 Å². The van der Waals surface area contributed by atoms with Gasteiger partial charge in [-0.2, -0.15) is 0 Å². The summed E-state index contributed by atoms with van der Waals surface area (Å²) in [6.07, 6.45) is 1.38. The number of amides is 1. The fourth-order valence-corrected chi connectivity index (χ4v) is 4.19. The topological polar surface area (TPSA) is 128 Å². The van der Waals surface area contributed by atoms with Crippen molar-refractivity contribution in [2.75, 3.05) is 0 Å². The third-order valence-corrected chi connectivity index (χ3v) is 6.09. The fourth-order valence-electron chi connectivity index (χ4n) is 4.19. The SMILES string of the molecule is Cn1c(=O)c2c(ncn2CC(=O)N(Cc2ccccc2)Cc2nc3ccccc3c(=O)[nH]2)n(C)c1=O. The first kappa shape index (κ1) is 23.0. The minimum atomic E-state index is -0.534. The number of benzene rings is 2. The lowest BCUT2D eigenvalue weighted by molar-refractivity contribution is -0.133. The molecule has 0 saturated heterocycles. The summed E-state index contributed by atoms with van der Waals surface area (Å²) in [5, 5.41) is 0.466. The number of carbonyl (C=O) groups excluding carboxylic acids is 1. The van der Waals surface area contributed by atoms with Crippen molar-refractivity contribution in [3.05, 3.63) is 104 Å². The Bertz CT molecular complexity index is 1780. The third-order valence-electron chi connectivity index (χ3n) is 6.09. The minimum absolute atomic E-state index is 0.0525. The summed E-state index contributed by atoms with van der Waals surface area (Å²) >= 11 is 0. The van der Waals surface area contributed by atoms with Crippen molar-refractivity contribution in [3.8, 4) is 0 Å². The number of aryl methyl sites for hydroxylation is 1. The molecule has 182 valence electrons. The van der Waals surface area contributed by atoms with Gasteiger partial charge in [0.25, 0.3) is 11.1 Å². The molecule has 0 saturated carbocycles. The van der Waals surface area contributed by atoms with Gasteiger partial charge in [-0.1, -0.05) is 42.5 Å². The maximum absolute atomic E-state index is 13.5. The van der Waals surface area contributed by atoms with E-state index in [1.165, 1.54) is 29.6 Å². The van der Waals surface area contributed by atoms with Crippen LogP contribution in [0.25, 0.3) is 22.1 Å². The molecule has 3 heterocycles. The molecular formula is C25H23N7O4. The Kier molecular flexibility index (Phi) is 5.80. The predicted molar refractivity (Wildman–Crippen MR) is 133 cm³/mol. The number of aromatic nitrogens is 6. The molecule has 1 amide bonds. The van der Waals surface area contributed by atoms with E-state index >= 15 is 0 Å². The van der Waals surface area contributed by atoms with Crippen molar-refractivity contribution in [1.82, 2.24) is 33.6 Å². The van der Waals surface area contributed by atoms with Gasteiger partial charge >= 0.3 is 5.69 Å². The van der Waals surface area contributed by atoms with E-state index in [0.29, 0.717) is 16.7 Å². The lowest BCUT2D eigenvalue weighted by Crippen LogP contribution is -2.38. The summed E-state index contributed by atoms with van der Waals surface area (Å²) < 4.78 is 3.69. The molecule has 11 heteroatoms. The Labute approximate surface area is 203 Å². The Morgan fingerprint density at radius 3 is 2.44 bits per heavy atom. The summed E-state index contributed by atoms with van der Waals surface area (Å²) in [5.41, 5.74) is 0.467. The molecule has 2 aromatic carbocycles. The molecule has 0 unspecified atom stereocenters. The normalized spacial score (nSPS) is 11.3. The van der Waals surface area contributed by atoms with Gasteiger partial charge in [0.2, 0.25) is 5.91 Å². The number of para-hydroxylation sites is 1. The Morgan fingerprint density at radius 2 is 1.67 bits per heavy atom. The average Bonchev–Trinajstić information content (AvgIpc) is 3.30. The highest BCUT2D eigenvalue weighted by molar-refractivity contribution is 5.79. The van der Waals surface area contributed by atoms with E-state index in [2.05, 4.69) is 15.0 Å². The first-order valence-electron chi connectivity index (χ1n) is 11.2. The zero-order chi connectivity index (χ0) is 25.4. The summed E-state index contributed by atoms with van der Waals surface area (Å²) in [4.78, 5) is 64.2. The van der Waals surface area contributed by atoms with Crippen LogP contribution in [0.5, 0.6) is 0 Å². The highest BCUT2D eigenvalue weighted by atomic mass is 16.2. The predicted octanol–water partition coefficient (Wildman–Crippen LogP) is 0.899. The molecule has 5 aromatic rings. The smallest absolute Gasteiger partial charge is 0.329 e. The molecule has 5 rings (SSSR count). The van der Waals surface area contributed by atoms with Crippen LogP contribution < -0.4 is 16.8 Å². The zero-order valence-electron chi connectivity index (χ0n) is 19.7. The van der Waals surface area contributed by atoms with Crippen molar-refractivity contribution in [3.63, 3.8) is 0 Å². The summed E-state index contributed by atoms with van der Waals surface area (Å²) in [5.74, 6) is 0.0293. The molecule has 1 N–H and O–H groups in total. The number of hydrogen-bond donors (Lipinski definition) is 1. The monoisotopic (exact) mass is 485 g/mol. The minimum Gasteiger partial charge on any atom is -0.329 e. The molecule has 11 nitrogen and oxygen atoms in total. The first-order chi connectivity index (χ1) is 17.3. The highest BCUT2D eigenvalue weighted by Gasteiger charge is 2.21. The van der Waals surface area contributed by atoms with Gasteiger partial charge in [-0.15, -0.1) is 0 Å². The number of rotatable bonds is 6. The van der Waals surface area contributed by atoms with Crippen LogP contribution in [-0.2, 0) is 38.5 Å². The second-order valence-corrected chi connectivity index (χ2v) is 8.52. The first-order valence-corrected chi connectivity index (χ1v) is 11.2. The van der Waals surface area contributed by atoms with Gasteiger partial charge in [0, 0.05) is 20.6 Å². The van der Waals surface area contributed by atoms with Crippen LogP contribution in [0.15, 0.2) is 75.3 Å². The molecule has 0 aliphatic rings. The lowest BCUT2D eigenvalue weighted by Gasteiger charge is -2.23. The zero-order valence-corrected chi connectivity index (χ0v) is 19.7. The van der Waals surface area contributed by atoms with E-state index in [0.717, 1.165) is 10.1 Å². The van der Waals surface area contributed by atoms with Gasteiger partial charge in [-0.3, -0.25) is 23.5 Å². The molecule has 0 aliphatic heterocycles. The standard InChI is InChI=1S/C25H23N7O4/c1-29-22-21(24(35)30(2)25(29)36)32(15-26-22)14-20(33)31(12-16-8-4-3-5-9-16)13-19-27-18-11-7-6-10-17(18)23(34)28-19/h3-11,15H,12-14H2,1-2H3,(H,27,28,34). The lowest BCUT2D eigenvalue weighted by atomic mass is 10.2. The maximum atomic E-state index is 13.5. The molecule has 0 spiro atoms. The van der Waals surface area contributed by atoms with Crippen LogP contribution in [-0.4, -0.2) is 39.5 Å². The van der Waals surface area contributed by atoms with Crippen LogP contribution in [0.4, 0.5) is 0 Å². The summed E-state index contributed by atoms with van der Waals surface area (Å²) in [6, 6.07) is 16.4. The van der Waals surface area contributed by atoms with Crippen LogP contribution in [0.2, 0.25) is 0 Å². The molecule has 0 bridgehead atoms. The number of hydrogen-bond acceptors (Lipinski definition) is 6.